The van der Waals surface area contributed by atoms with Crippen LogP contribution in [0.2, 0.25) is 0 Å². The van der Waals surface area contributed by atoms with Gasteiger partial charge in [0, 0.05) is 18.2 Å². The number of piperidine rings is 1. The Morgan fingerprint density at radius 2 is 1.92 bits per heavy atom. The minimum absolute atomic E-state index is 0.0779. The van der Waals surface area contributed by atoms with Crippen LogP contribution in [-0.4, -0.2) is 33.5 Å². The molecule has 0 radical (unpaired) electrons. The van der Waals surface area contributed by atoms with Crippen molar-refractivity contribution in [3.05, 3.63) is 65.7 Å². The number of nitrogens with one attached hydrogen (secondary N) is 2. The summed E-state index contributed by atoms with van der Waals surface area (Å²) >= 11 is 0. The van der Waals surface area contributed by atoms with Gasteiger partial charge in [-0.15, -0.1) is 0 Å². The number of hydrogen-bond donors (Lipinski definition) is 2. The van der Waals surface area contributed by atoms with Gasteiger partial charge in [-0.1, -0.05) is 36.4 Å². The van der Waals surface area contributed by atoms with E-state index in [9.17, 15) is 13.2 Å². The molecule has 1 fully saturated rings. The summed E-state index contributed by atoms with van der Waals surface area (Å²) in [7, 11) is -3.49. The lowest BCUT2D eigenvalue weighted by Gasteiger charge is -2.23. The summed E-state index contributed by atoms with van der Waals surface area (Å²) in [4.78, 5) is 12.6. The van der Waals surface area contributed by atoms with Crippen LogP contribution < -0.4 is 10.6 Å². The van der Waals surface area contributed by atoms with Crippen LogP contribution in [0.4, 0.5) is 0 Å². The van der Waals surface area contributed by atoms with E-state index in [0.29, 0.717) is 5.56 Å². The molecular weight excluding hydrogens is 336 g/mol. The number of sulfone groups is 1. The number of rotatable bonds is 5. The highest BCUT2D eigenvalue weighted by molar-refractivity contribution is 7.90. The molecule has 1 amide bonds. The average molecular weight is 358 g/mol. The fourth-order valence-electron chi connectivity index (χ4n) is 2.95. The largest absolute Gasteiger partial charge is 0.348 e. The molecule has 2 aromatic carbocycles. The van der Waals surface area contributed by atoms with Gasteiger partial charge in [-0.3, -0.25) is 4.79 Å². The zero-order chi connectivity index (χ0) is 17.7. The van der Waals surface area contributed by atoms with Crippen molar-refractivity contribution in [2.75, 3.05) is 13.1 Å². The highest BCUT2D eigenvalue weighted by Crippen LogP contribution is 2.18. The van der Waals surface area contributed by atoms with Gasteiger partial charge < -0.3 is 10.6 Å². The van der Waals surface area contributed by atoms with Crippen LogP contribution in [0.15, 0.2) is 59.5 Å². The van der Waals surface area contributed by atoms with E-state index >= 15 is 0 Å². The SMILES string of the molecule is O=C(NC1CCCNC1)c1cccc(S(=O)(=O)Cc2ccccc2)c1. The molecule has 2 N–H and O–H groups in total. The maximum absolute atomic E-state index is 12.6. The molecule has 0 spiro atoms. The maximum atomic E-state index is 12.6. The van der Waals surface area contributed by atoms with Crippen molar-refractivity contribution in [2.45, 2.75) is 29.5 Å². The van der Waals surface area contributed by atoms with Gasteiger partial charge in [0.2, 0.25) is 0 Å². The zero-order valence-electron chi connectivity index (χ0n) is 13.9. The normalized spacial score (nSPS) is 17.8. The van der Waals surface area contributed by atoms with Gasteiger partial charge in [-0.25, -0.2) is 8.42 Å². The van der Waals surface area contributed by atoms with Crippen molar-refractivity contribution in [3.63, 3.8) is 0 Å². The highest BCUT2D eigenvalue weighted by Gasteiger charge is 2.19. The molecule has 1 unspecified atom stereocenters. The van der Waals surface area contributed by atoms with Gasteiger partial charge in [0.25, 0.3) is 5.91 Å². The number of carbonyl (C=O) groups is 1. The third-order valence-electron chi connectivity index (χ3n) is 4.29. The molecule has 0 aliphatic carbocycles. The van der Waals surface area contributed by atoms with Crippen molar-refractivity contribution < 1.29 is 13.2 Å². The summed E-state index contributed by atoms with van der Waals surface area (Å²) in [5, 5.41) is 6.21. The first-order valence-electron chi connectivity index (χ1n) is 8.43. The standard InChI is InChI=1S/C19H22N2O3S/c22-19(21-17-9-5-11-20-13-17)16-8-4-10-18(12-16)25(23,24)14-15-6-2-1-3-7-15/h1-4,6-8,10,12,17,20H,5,9,11,13-14H2,(H,21,22). The predicted molar refractivity (Wildman–Crippen MR) is 97.1 cm³/mol. The summed E-state index contributed by atoms with van der Waals surface area (Å²) in [6.07, 6.45) is 1.96. The van der Waals surface area contributed by atoms with Crippen molar-refractivity contribution in [3.8, 4) is 0 Å². The van der Waals surface area contributed by atoms with Gasteiger partial charge in [0.05, 0.1) is 10.6 Å². The lowest BCUT2D eigenvalue weighted by Crippen LogP contribution is -2.45. The van der Waals surface area contributed by atoms with Gasteiger partial charge in [0.1, 0.15) is 0 Å². The third kappa shape index (κ3) is 4.67. The fraction of sp³-hybridized carbons (Fsp3) is 0.316. The molecule has 5 nitrogen and oxygen atoms in total. The Morgan fingerprint density at radius 1 is 1.12 bits per heavy atom. The summed E-state index contributed by atoms with van der Waals surface area (Å²) < 4.78 is 25.2. The second kappa shape index (κ2) is 7.80. The Morgan fingerprint density at radius 3 is 2.64 bits per heavy atom. The smallest absolute Gasteiger partial charge is 0.251 e. The summed E-state index contributed by atoms with van der Waals surface area (Å²) in [6.45, 7) is 1.72. The Kier molecular flexibility index (Phi) is 5.50. The van der Waals surface area contributed by atoms with Crippen LogP contribution in [-0.2, 0) is 15.6 Å². The molecule has 1 heterocycles. The maximum Gasteiger partial charge on any atom is 0.251 e. The molecule has 0 bridgehead atoms. The van der Waals surface area contributed by atoms with E-state index in [4.69, 9.17) is 0 Å². The topological polar surface area (TPSA) is 75.3 Å². The van der Waals surface area contributed by atoms with Gasteiger partial charge in [-0.2, -0.15) is 0 Å². The number of hydrogen-bond acceptors (Lipinski definition) is 4. The van der Waals surface area contributed by atoms with Crippen LogP contribution in [0.25, 0.3) is 0 Å². The van der Waals surface area contributed by atoms with E-state index < -0.39 is 9.84 Å². The Bertz CT molecular complexity index is 829. The van der Waals surface area contributed by atoms with Crippen LogP contribution >= 0.6 is 0 Å². The minimum atomic E-state index is -3.49. The second-order valence-electron chi connectivity index (χ2n) is 6.29. The van der Waals surface area contributed by atoms with E-state index in [1.165, 1.54) is 12.1 Å². The molecular formula is C19H22N2O3S. The van der Waals surface area contributed by atoms with E-state index in [2.05, 4.69) is 10.6 Å². The zero-order valence-corrected chi connectivity index (χ0v) is 14.8. The third-order valence-corrected chi connectivity index (χ3v) is 5.97. The summed E-state index contributed by atoms with van der Waals surface area (Å²) in [5.74, 6) is -0.309. The Balaban J connectivity index is 1.75. The number of amides is 1. The molecule has 1 saturated heterocycles. The lowest BCUT2D eigenvalue weighted by molar-refractivity contribution is 0.0930. The predicted octanol–water partition coefficient (Wildman–Crippen LogP) is 2.14. The van der Waals surface area contributed by atoms with Crippen molar-refractivity contribution in [1.82, 2.24) is 10.6 Å². The first-order valence-corrected chi connectivity index (χ1v) is 10.1. The molecule has 6 heteroatoms. The van der Waals surface area contributed by atoms with E-state index in [1.54, 1.807) is 24.3 Å². The Hall–Kier alpha value is -2.18. The quantitative estimate of drug-likeness (QED) is 0.859. The molecule has 2 aromatic rings. The minimum Gasteiger partial charge on any atom is -0.348 e. The fourth-order valence-corrected chi connectivity index (χ4v) is 4.34. The molecule has 3 rings (SSSR count). The first-order chi connectivity index (χ1) is 12.0. The molecule has 1 atom stereocenters. The highest BCUT2D eigenvalue weighted by atomic mass is 32.2. The molecule has 0 aromatic heterocycles. The molecule has 0 saturated carbocycles. The van der Waals surface area contributed by atoms with Gasteiger partial charge in [-0.05, 0) is 43.1 Å². The summed E-state index contributed by atoms with van der Waals surface area (Å²) in [5.41, 5.74) is 1.10. The van der Waals surface area contributed by atoms with Crippen LogP contribution in [0.5, 0.6) is 0 Å². The Labute approximate surface area is 148 Å². The van der Waals surface area contributed by atoms with Crippen LogP contribution in [0, 0.1) is 0 Å². The molecule has 25 heavy (non-hydrogen) atoms. The molecule has 1 aliphatic rings. The molecule has 1 aliphatic heterocycles. The van der Waals surface area contributed by atoms with Crippen molar-refractivity contribution in [2.24, 2.45) is 0 Å². The van der Waals surface area contributed by atoms with Crippen molar-refractivity contribution >= 4 is 15.7 Å². The summed E-state index contributed by atoms with van der Waals surface area (Å²) in [6, 6.07) is 15.4. The first kappa shape index (κ1) is 17.6. The molecule has 132 valence electrons. The van der Waals surface area contributed by atoms with E-state index in [0.717, 1.165) is 31.5 Å². The van der Waals surface area contributed by atoms with Crippen LogP contribution in [0.3, 0.4) is 0 Å². The number of carbonyl (C=O) groups excluding carboxylic acids is 1. The van der Waals surface area contributed by atoms with Gasteiger partial charge in [0.15, 0.2) is 9.84 Å². The van der Waals surface area contributed by atoms with E-state index in [-0.39, 0.29) is 22.6 Å². The van der Waals surface area contributed by atoms with E-state index in [1.807, 2.05) is 18.2 Å². The van der Waals surface area contributed by atoms with Crippen LogP contribution in [0.1, 0.15) is 28.8 Å². The van der Waals surface area contributed by atoms with Gasteiger partial charge >= 0.3 is 0 Å². The average Bonchev–Trinajstić information content (AvgIpc) is 2.63. The number of benzene rings is 2. The lowest BCUT2D eigenvalue weighted by atomic mass is 10.1. The monoisotopic (exact) mass is 358 g/mol. The second-order valence-corrected chi connectivity index (χ2v) is 8.28. The van der Waals surface area contributed by atoms with Crippen molar-refractivity contribution in [1.29, 1.82) is 0 Å².